The van der Waals surface area contributed by atoms with Gasteiger partial charge in [0.05, 0.1) is 6.04 Å². The number of ether oxygens (including phenoxy) is 1. The molecule has 0 saturated carbocycles. The summed E-state index contributed by atoms with van der Waals surface area (Å²) in [6.07, 6.45) is -0.582. The number of benzene rings is 3. The van der Waals surface area contributed by atoms with Crippen molar-refractivity contribution in [2.75, 3.05) is 6.61 Å². The molecule has 5 nitrogen and oxygen atoms in total. The van der Waals surface area contributed by atoms with Gasteiger partial charge < -0.3 is 14.7 Å². The van der Waals surface area contributed by atoms with Crippen LogP contribution in [-0.4, -0.2) is 28.5 Å². The minimum absolute atomic E-state index is 0.228. The average Bonchev–Trinajstić information content (AvgIpc) is 2.77. The Kier molecular flexibility index (Phi) is 6.28. The first kappa shape index (κ1) is 21.4. The lowest BCUT2D eigenvalue weighted by atomic mass is 9.90. The number of carbonyl (C=O) groups is 2. The van der Waals surface area contributed by atoms with Crippen molar-refractivity contribution in [3.05, 3.63) is 106 Å². The summed E-state index contributed by atoms with van der Waals surface area (Å²) in [6, 6.07) is 21.0. The molecule has 4 rings (SSSR count). The highest BCUT2D eigenvalue weighted by molar-refractivity contribution is 6.30. The Balaban J connectivity index is 1.87. The molecule has 1 N–H and O–H groups in total. The van der Waals surface area contributed by atoms with Gasteiger partial charge in [-0.15, -0.1) is 0 Å². The maximum Gasteiger partial charge on any atom is 0.331 e. The second-order valence-corrected chi connectivity index (χ2v) is 8.10. The van der Waals surface area contributed by atoms with Crippen LogP contribution in [0.5, 0.6) is 0 Å². The Labute approximate surface area is 189 Å². The number of hydrogen-bond donors (Lipinski definition) is 1. The van der Waals surface area contributed by atoms with E-state index in [-0.39, 0.29) is 6.61 Å². The molecule has 1 saturated heterocycles. The van der Waals surface area contributed by atoms with Gasteiger partial charge in [0.2, 0.25) is 5.91 Å². The summed E-state index contributed by atoms with van der Waals surface area (Å²) in [5.74, 6) is -1.52. The molecule has 1 aliphatic heterocycles. The predicted molar refractivity (Wildman–Crippen MR) is 118 cm³/mol. The Morgan fingerprint density at radius 2 is 1.45 bits per heavy atom. The van der Waals surface area contributed by atoms with Crippen LogP contribution in [0.15, 0.2) is 78.9 Å². The zero-order chi connectivity index (χ0) is 22.0. The maximum absolute atomic E-state index is 13.1. The third-order valence-electron chi connectivity index (χ3n) is 5.30. The van der Waals surface area contributed by atoms with Crippen LogP contribution < -0.4 is 0 Å². The number of amides is 1. The SMILES string of the molecule is O=C(O)[C@H](c1ccccc1)N1C(=O)CO[C@H](c2ccc(Cl)cc2)[C@@H]1c1ccc(Cl)cc1. The van der Waals surface area contributed by atoms with Crippen molar-refractivity contribution in [3.63, 3.8) is 0 Å². The number of halogens is 2. The van der Waals surface area contributed by atoms with Gasteiger partial charge in [-0.1, -0.05) is 77.8 Å². The van der Waals surface area contributed by atoms with E-state index < -0.39 is 30.1 Å². The van der Waals surface area contributed by atoms with Crippen LogP contribution >= 0.6 is 23.2 Å². The molecule has 0 bridgehead atoms. The van der Waals surface area contributed by atoms with Crippen molar-refractivity contribution in [2.45, 2.75) is 18.2 Å². The molecule has 31 heavy (non-hydrogen) atoms. The van der Waals surface area contributed by atoms with Crippen LogP contribution in [0.2, 0.25) is 10.0 Å². The molecule has 1 amide bonds. The molecule has 7 heteroatoms. The fourth-order valence-electron chi connectivity index (χ4n) is 3.92. The largest absolute Gasteiger partial charge is 0.479 e. The lowest BCUT2D eigenvalue weighted by Gasteiger charge is -2.44. The summed E-state index contributed by atoms with van der Waals surface area (Å²) in [5, 5.41) is 11.2. The second kappa shape index (κ2) is 9.10. The monoisotopic (exact) mass is 455 g/mol. The molecule has 3 atom stereocenters. The molecule has 158 valence electrons. The highest BCUT2D eigenvalue weighted by atomic mass is 35.5. The molecular weight excluding hydrogens is 437 g/mol. The molecule has 1 heterocycles. The summed E-state index contributed by atoms with van der Waals surface area (Å²) in [5.41, 5.74) is 2.03. The van der Waals surface area contributed by atoms with Crippen LogP contribution in [0.4, 0.5) is 0 Å². The quantitative estimate of drug-likeness (QED) is 0.554. The topological polar surface area (TPSA) is 66.8 Å². The summed E-state index contributed by atoms with van der Waals surface area (Å²) < 4.78 is 5.95. The number of morpholine rings is 1. The van der Waals surface area contributed by atoms with E-state index in [1.165, 1.54) is 4.90 Å². The second-order valence-electron chi connectivity index (χ2n) is 7.23. The van der Waals surface area contributed by atoms with Crippen molar-refractivity contribution >= 4 is 35.1 Å². The number of aliphatic carboxylic acids is 1. The Hall–Kier alpha value is -2.86. The predicted octanol–water partition coefficient (Wildman–Crippen LogP) is 5.46. The van der Waals surface area contributed by atoms with Crippen molar-refractivity contribution in [1.29, 1.82) is 0 Å². The molecule has 0 radical (unpaired) electrons. The summed E-state index contributed by atoms with van der Waals surface area (Å²) in [7, 11) is 0. The summed E-state index contributed by atoms with van der Waals surface area (Å²) in [6.45, 7) is -0.228. The number of carboxylic acid groups (broad SMARTS) is 1. The average molecular weight is 456 g/mol. The zero-order valence-corrected chi connectivity index (χ0v) is 17.8. The third kappa shape index (κ3) is 4.44. The van der Waals surface area contributed by atoms with E-state index in [1.54, 1.807) is 66.7 Å². The molecule has 0 unspecified atom stereocenters. The molecule has 3 aromatic rings. The van der Waals surface area contributed by atoms with Gasteiger partial charge in [0.25, 0.3) is 0 Å². The van der Waals surface area contributed by atoms with E-state index in [9.17, 15) is 14.7 Å². The van der Waals surface area contributed by atoms with Gasteiger partial charge in [0, 0.05) is 10.0 Å². The fraction of sp³-hybridized carbons (Fsp3) is 0.167. The van der Waals surface area contributed by atoms with Crippen molar-refractivity contribution < 1.29 is 19.4 Å². The first-order valence-corrected chi connectivity index (χ1v) is 10.4. The molecule has 1 fully saturated rings. The van der Waals surface area contributed by atoms with Gasteiger partial charge in [0.1, 0.15) is 12.7 Å². The Bertz CT molecular complexity index is 1070. The van der Waals surface area contributed by atoms with Gasteiger partial charge in [-0.3, -0.25) is 4.79 Å². The Morgan fingerprint density at radius 3 is 2.00 bits per heavy atom. The highest BCUT2D eigenvalue weighted by Gasteiger charge is 2.45. The first-order valence-electron chi connectivity index (χ1n) is 9.67. The number of carbonyl (C=O) groups excluding carboxylic acids is 1. The summed E-state index contributed by atoms with van der Waals surface area (Å²) in [4.78, 5) is 26.9. The van der Waals surface area contributed by atoms with E-state index in [1.807, 2.05) is 12.1 Å². The van der Waals surface area contributed by atoms with Gasteiger partial charge in [-0.2, -0.15) is 0 Å². The van der Waals surface area contributed by atoms with E-state index in [4.69, 9.17) is 27.9 Å². The Morgan fingerprint density at radius 1 is 0.903 bits per heavy atom. The van der Waals surface area contributed by atoms with E-state index >= 15 is 0 Å². The minimum atomic E-state index is -1.17. The van der Waals surface area contributed by atoms with Crippen LogP contribution in [-0.2, 0) is 14.3 Å². The highest BCUT2D eigenvalue weighted by Crippen LogP contribution is 2.44. The van der Waals surface area contributed by atoms with E-state index in [0.717, 1.165) is 11.1 Å². The van der Waals surface area contributed by atoms with Gasteiger partial charge >= 0.3 is 5.97 Å². The first-order chi connectivity index (χ1) is 15.0. The molecule has 0 aromatic heterocycles. The normalized spacial score (nSPS) is 19.8. The van der Waals surface area contributed by atoms with Crippen LogP contribution in [0, 0.1) is 0 Å². The fourth-order valence-corrected chi connectivity index (χ4v) is 4.17. The summed E-state index contributed by atoms with van der Waals surface area (Å²) >= 11 is 12.1. The number of carboxylic acids is 1. The van der Waals surface area contributed by atoms with E-state index in [2.05, 4.69) is 0 Å². The number of rotatable bonds is 5. The zero-order valence-electron chi connectivity index (χ0n) is 16.3. The van der Waals surface area contributed by atoms with E-state index in [0.29, 0.717) is 15.6 Å². The number of hydrogen-bond acceptors (Lipinski definition) is 3. The molecule has 3 aromatic carbocycles. The molecule has 0 spiro atoms. The van der Waals surface area contributed by atoms with Crippen molar-refractivity contribution in [1.82, 2.24) is 4.90 Å². The van der Waals surface area contributed by atoms with Crippen molar-refractivity contribution in [2.24, 2.45) is 0 Å². The molecule has 0 aliphatic carbocycles. The number of nitrogens with zero attached hydrogens (tertiary/aromatic N) is 1. The standard InChI is InChI=1S/C24H19Cl2NO4/c25-18-10-6-16(7-11-18)21-23(17-8-12-19(26)13-9-17)31-14-20(28)27(21)22(24(29)30)15-4-2-1-3-5-15/h1-13,21-23H,14H2,(H,29,30)/t21-,22-,23+/m0/s1. The smallest absolute Gasteiger partial charge is 0.331 e. The van der Waals surface area contributed by atoms with Gasteiger partial charge in [0.15, 0.2) is 6.04 Å². The van der Waals surface area contributed by atoms with Crippen LogP contribution in [0.1, 0.15) is 34.9 Å². The molecule has 1 aliphatic rings. The third-order valence-corrected chi connectivity index (χ3v) is 5.80. The minimum Gasteiger partial charge on any atom is -0.479 e. The van der Waals surface area contributed by atoms with Gasteiger partial charge in [-0.05, 0) is 41.0 Å². The lowest BCUT2D eigenvalue weighted by Crippen LogP contribution is -2.49. The molecular formula is C24H19Cl2NO4. The van der Waals surface area contributed by atoms with Gasteiger partial charge in [-0.25, -0.2) is 4.79 Å². The maximum atomic E-state index is 13.1. The van der Waals surface area contributed by atoms with Crippen molar-refractivity contribution in [3.8, 4) is 0 Å². The lowest BCUT2D eigenvalue weighted by molar-refractivity contribution is -0.171. The van der Waals surface area contributed by atoms with Crippen LogP contribution in [0.3, 0.4) is 0 Å². The van der Waals surface area contributed by atoms with Crippen LogP contribution in [0.25, 0.3) is 0 Å².